The average molecular weight is 197 g/mol. The third-order valence-corrected chi connectivity index (χ3v) is 2.30. The van der Waals surface area contributed by atoms with E-state index >= 15 is 0 Å². The number of aliphatic hydroxyl groups excluding tert-OH is 1. The van der Waals surface area contributed by atoms with E-state index in [4.69, 9.17) is 4.84 Å². The Bertz CT molecular complexity index is 324. The predicted molar refractivity (Wildman–Crippen MR) is 50.3 cm³/mol. The normalized spacial score (nSPS) is 23.2. The van der Waals surface area contributed by atoms with Crippen LogP contribution in [0, 0.1) is 6.92 Å². The van der Waals surface area contributed by atoms with E-state index in [1.807, 2.05) is 24.7 Å². The van der Waals surface area contributed by atoms with Gasteiger partial charge in [-0.05, 0) is 13.0 Å². The SMILES string of the molecule is Cc1cc(CN2C[C@H](O)CO2)n(C)n1. The van der Waals surface area contributed by atoms with E-state index < -0.39 is 0 Å². The van der Waals surface area contributed by atoms with Crippen LogP contribution in [-0.2, 0) is 18.4 Å². The minimum absolute atomic E-state index is 0.357. The number of hydrogen-bond acceptors (Lipinski definition) is 4. The van der Waals surface area contributed by atoms with E-state index in [9.17, 15) is 5.11 Å². The summed E-state index contributed by atoms with van der Waals surface area (Å²) < 4.78 is 1.84. The van der Waals surface area contributed by atoms with Gasteiger partial charge in [-0.2, -0.15) is 10.2 Å². The maximum Gasteiger partial charge on any atom is 0.0958 e. The molecule has 5 nitrogen and oxygen atoms in total. The van der Waals surface area contributed by atoms with Crippen LogP contribution in [0.3, 0.4) is 0 Å². The summed E-state index contributed by atoms with van der Waals surface area (Å²) in [6.07, 6.45) is -0.357. The highest BCUT2D eigenvalue weighted by atomic mass is 16.7. The zero-order valence-electron chi connectivity index (χ0n) is 8.47. The van der Waals surface area contributed by atoms with Crippen molar-refractivity contribution in [1.82, 2.24) is 14.8 Å². The van der Waals surface area contributed by atoms with E-state index in [2.05, 4.69) is 5.10 Å². The zero-order valence-corrected chi connectivity index (χ0v) is 8.47. The maximum atomic E-state index is 9.26. The first-order valence-corrected chi connectivity index (χ1v) is 4.70. The largest absolute Gasteiger partial charge is 0.389 e. The Morgan fingerprint density at radius 1 is 1.71 bits per heavy atom. The molecule has 0 aliphatic carbocycles. The summed E-state index contributed by atoms with van der Waals surface area (Å²) in [5, 5.41) is 15.3. The molecular weight excluding hydrogens is 182 g/mol. The minimum Gasteiger partial charge on any atom is -0.389 e. The average Bonchev–Trinajstić information content (AvgIpc) is 2.61. The number of β-amino-alcohol motifs (C(OH)–C–C–N with tert-alkyl or cyclic N) is 1. The van der Waals surface area contributed by atoms with Gasteiger partial charge in [-0.1, -0.05) is 0 Å². The van der Waals surface area contributed by atoms with Gasteiger partial charge < -0.3 is 5.11 Å². The molecule has 0 radical (unpaired) electrons. The van der Waals surface area contributed by atoms with Crippen LogP contribution in [-0.4, -0.2) is 39.2 Å². The van der Waals surface area contributed by atoms with Crippen molar-refractivity contribution in [3.05, 3.63) is 17.5 Å². The minimum atomic E-state index is -0.357. The molecule has 0 saturated carbocycles. The molecule has 0 spiro atoms. The molecule has 0 bridgehead atoms. The predicted octanol–water partition coefficient (Wildman–Crippen LogP) is -0.163. The summed E-state index contributed by atoms with van der Waals surface area (Å²) in [5.41, 5.74) is 2.10. The summed E-state index contributed by atoms with van der Waals surface area (Å²) in [5.74, 6) is 0. The molecular formula is C9H15N3O2. The first-order chi connectivity index (χ1) is 6.65. The van der Waals surface area contributed by atoms with Crippen molar-refractivity contribution in [3.63, 3.8) is 0 Å². The highest BCUT2D eigenvalue weighted by Crippen LogP contribution is 2.11. The van der Waals surface area contributed by atoms with Crippen LogP contribution in [0.2, 0.25) is 0 Å². The van der Waals surface area contributed by atoms with Crippen molar-refractivity contribution in [2.75, 3.05) is 13.2 Å². The molecule has 1 saturated heterocycles. The highest BCUT2D eigenvalue weighted by molar-refractivity contribution is 5.08. The van der Waals surface area contributed by atoms with Gasteiger partial charge in [-0.3, -0.25) is 9.52 Å². The third-order valence-electron chi connectivity index (χ3n) is 2.30. The molecule has 2 rings (SSSR count). The Balaban J connectivity index is 2.00. The van der Waals surface area contributed by atoms with E-state index in [1.165, 1.54) is 0 Å². The van der Waals surface area contributed by atoms with E-state index in [1.54, 1.807) is 5.06 Å². The summed E-state index contributed by atoms with van der Waals surface area (Å²) in [7, 11) is 1.91. The number of hydroxylamine groups is 2. The quantitative estimate of drug-likeness (QED) is 0.715. The van der Waals surface area contributed by atoms with Gasteiger partial charge in [0.1, 0.15) is 0 Å². The lowest BCUT2D eigenvalue weighted by atomic mass is 10.3. The van der Waals surface area contributed by atoms with E-state index in [0.717, 1.165) is 11.4 Å². The summed E-state index contributed by atoms with van der Waals surface area (Å²) >= 11 is 0. The maximum absolute atomic E-state index is 9.26. The molecule has 2 heterocycles. The Labute approximate surface area is 82.8 Å². The lowest BCUT2D eigenvalue weighted by molar-refractivity contribution is -0.119. The van der Waals surface area contributed by atoms with Crippen molar-refractivity contribution < 1.29 is 9.94 Å². The fourth-order valence-electron chi connectivity index (χ4n) is 1.64. The smallest absolute Gasteiger partial charge is 0.0958 e. The Morgan fingerprint density at radius 3 is 3.00 bits per heavy atom. The van der Waals surface area contributed by atoms with E-state index in [0.29, 0.717) is 19.7 Å². The van der Waals surface area contributed by atoms with Gasteiger partial charge in [0.05, 0.1) is 37.2 Å². The van der Waals surface area contributed by atoms with Gasteiger partial charge >= 0.3 is 0 Å². The molecule has 14 heavy (non-hydrogen) atoms. The number of aromatic nitrogens is 2. The number of hydrogen-bond donors (Lipinski definition) is 1. The fraction of sp³-hybridized carbons (Fsp3) is 0.667. The topological polar surface area (TPSA) is 50.5 Å². The number of nitrogens with zero attached hydrogens (tertiary/aromatic N) is 3. The lowest BCUT2D eigenvalue weighted by Gasteiger charge is -2.12. The van der Waals surface area contributed by atoms with Gasteiger partial charge in [-0.15, -0.1) is 0 Å². The fourth-order valence-corrected chi connectivity index (χ4v) is 1.64. The summed E-state index contributed by atoms with van der Waals surface area (Å²) in [6, 6.07) is 2.02. The molecule has 1 atom stereocenters. The Hall–Kier alpha value is -0.910. The Kier molecular flexibility index (Phi) is 2.54. The highest BCUT2D eigenvalue weighted by Gasteiger charge is 2.22. The molecule has 0 amide bonds. The summed E-state index contributed by atoms with van der Waals surface area (Å²) in [6.45, 7) is 3.61. The van der Waals surface area contributed by atoms with Gasteiger partial charge in [0.15, 0.2) is 0 Å². The number of aliphatic hydroxyl groups is 1. The van der Waals surface area contributed by atoms with Crippen molar-refractivity contribution in [3.8, 4) is 0 Å². The molecule has 5 heteroatoms. The number of aryl methyl sites for hydroxylation is 2. The standard InChI is InChI=1S/C9H15N3O2/c1-7-3-8(11(2)10-7)4-12-5-9(13)6-14-12/h3,9,13H,4-6H2,1-2H3/t9-/m0/s1. The summed E-state index contributed by atoms with van der Waals surface area (Å²) in [4.78, 5) is 5.28. The van der Waals surface area contributed by atoms with Gasteiger partial charge in [-0.25, -0.2) is 0 Å². The molecule has 1 aliphatic rings. The molecule has 78 valence electrons. The van der Waals surface area contributed by atoms with Crippen molar-refractivity contribution in [2.24, 2.45) is 7.05 Å². The lowest BCUT2D eigenvalue weighted by Crippen LogP contribution is -2.21. The van der Waals surface area contributed by atoms with Gasteiger partial charge in [0.2, 0.25) is 0 Å². The number of rotatable bonds is 2. The Morgan fingerprint density at radius 2 is 2.50 bits per heavy atom. The van der Waals surface area contributed by atoms with Crippen LogP contribution < -0.4 is 0 Å². The van der Waals surface area contributed by atoms with Crippen LogP contribution in [0.25, 0.3) is 0 Å². The second-order valence-corrected chi connectivity index (χ2v) is 3.67. The first-order valence-electron chi connectivity index (χ1n) is 4.70. The van der Waals surface area contributed by atoms with Crippen molar-refractivity contribution in [1.29, 1.82) is 0 Å². The molecule has 1 fully saturated rings. The van der Waals surface area contributed by atoms with Crippen LogP contribution in [0.4, 0.5) is 0 Å². The zero-order chi connectivity index (χ0) is 10.1. The first kappa shape index (κ1) is 9.64. The van der Waals surface area contributed by atoms with Crippen LogP contribution in [0.1, 0.15) is 11.4 Å². The van der Waals surface area contributed by atoms with Crippen molar-refractivity contribution >= 4 is 0 Å². The molecule has 1 aromatic rings. The molecule has 0 aromatic carbocycles. The van der Waals surface area contributed by atoms with Crippen LogP contribution in [0.15, 0.2) is 6.07 Å². The van der Waals surface area contributed by atoms with Gasteiger partial charge in [0.25, 0.3) is 0 Å². The van der Waals surface area contributed by atoms with E-state index in [-0.39, 0.29) is 6.10 Å². The third kappa shape index (κ3) is 1.95. The van der Waals surface area contributed by atoms with Crippen LogP contribution in [0.5, 0.6) is 0 Å². The second kappa shape index (κ2) is 3.68. The van der Waals surface area contributed by atoms with Gasteiger partial charge in [0, 0.05) is 7.05 Å². The molecule has 1 aromatic heterocycles. The second-order valence-electron chi connectivity index (χ2n) is 3.67. The molecule has 0 unspecified atom stereocenters. The van der Waals surface area contributed by atoms with Crippen molar-refractivity contribution in [2.45, 2.75) is 19.6 Å². The van der Waals surface area contributed by atoms with Crippen LogP contribution >= 0.6 is 0 Å². The molecule has 1 aliphatic heterocycles. The molecule has 1 N–H and O–H groups in total. The monoisotopic (exact) mass is 197 g/mol.